The molecule has 0 aliphatic carbocycles. The predicted octanol–water partition coefficient (Wildman–Crippen LogP) is 9.15. The third-order valence-corrected chi connectivity index (χ3v) is 7.00. The molecule has 0 unspecified atom stereocenters. The van der Waals surface area contributed by atoms with Crippen molar-refractivity contribution in [1.29, 1.82) is 0 Å². The summed E-state index contributed by atoms with van der Waals surface area (Å²) in [5.74, 6) is 5.53. The Morgan fingerprint density at radius 1 is 0.639 bits per heavy atom. The van der Waals surface area contributed by atoms with E-state index in [1.807, 2.05) is 0 Å². The SMILES string of the molecule is C#CCCCc1ccccc1C1=C(CCCC)C(CCCC)=C(c2ccccc2CCCC#C)[N+]1=[N-]. The van der Waals surface area contributed by atoms with Crippen LogP contribution >= 0.6 is 0 Å². The highest BCUT2D eigenvalue weighted by molar-refractivity contribution is 5.83. The van der Waals surface area contributed by atoms with Crippen LogP contribution < -0.4 is 0 Å². The van der Waals surface area contributed by atoms with Crippen LogP contribution in [0.15, 0.2) is 59.7 Å². The van der Waals surface area contributed by atoms with Gasteiger partial charge in [-0.25, -0.2) is 4.70 Å². The average molecular weight is 477 g/mol. The van der Waals surface area contributed by atoms with Gasteiger partial charge in [-0.2, -0.15) is 0 Å². The number of unbranched alkanes of at least 4 members (excludes halogenated alkanes) is 4. The Labute approximate surface area is 219 Å². The zero-order valence-corrected chi connectivity index (χ0v) is 22.2. The Balaban J connectivity index is 2.17. The molecule has 186 valence electrons. The first-order chi connectivity index (χ1) is 17.7. The lowest BCUT2D eigenvalue weighted by Gasteiger charge is -2.15. The van der Waals surface area contributed by atoms with Crippen LogP contribution in [0.4, 0.5) is 0 Å². The molecule has 0 radical (unpaired) electrons. The molecule has 0 saturated heterocycles. The molecule has 0 spiro atoms. The topological polar surface area (TPSA) is 25.3 Å². The zero-order valence-electron chi connectivity index (χ0n) is 22.2. The largest absolute Gasteiger partial charge is 0.493 e. The second-order valence-corrected chi connectivity index (χ2v) is 9.60. The number of hydrogen-bond donors (Lipinski definition) is 0. The average Bonchev–Trinajstić information content (AvgIpc) is 3.17. The van der Waals surface area contributed by atoms with Crippen molar-refractivity contribution in [2.45, 2.75) is 90.9 Å². The second-order valence-electron chi connectivity index (χ2n) is 9.60. The Morgan fingerprint density at radius 3 is 1.44 bits per heavy atom. The van der Waals surface area contributed by atoms with Gasteiger partial charge in [-0.05, 0) is 74.6 Å². The third kappa shape index (κ3) is 6.44. The summed E-state index contributed by atoms with van der Waals surface area (Å²) in [4.78, 5) is 0. The van der Waals surface area contributed by atoms with Crippen LogP contribution in [0.2, 0.25) is 0 Å². The van der Waals surface area contributed by atoms with Crippen molar-refractivity contribution in [3.05, 3.63) is 87.5 Å². The highest BCUT2D eigenvalue weighted by Crippen LogP contribution is 2.46. The minimum Gasteiger partial charge on any atom is -0.493 e. The Kier molecular flexibility index (Phi) is 10.8. The lowest BCUT2D eigenvalue weighted by molar-refractivity contribution is -0.345. The Bertz CT molecular complexity index is 1100. The van der Waals surface area contributed by atoms with E-state index in [-0.39, 0.29) is 0 Å². The number of rotatable bonds is 14. The third-order valence-electron chi connectivity index (χ3n) is 7.00. The Hall–Kier alpha value is -3.36. The highest BCUT2D eigenvalue weighted by atomic mass is 15.2. The summed E-state index contributed by atoms with van der Waals surface area (Å²) in [5.41, 5.74) is 21.2. The molecule has 36 heavy (non-hydrogen) atoms. The van der Waals surface area contributed by atoms with Crippen molar-refractivity contribution < 1.29 is 4.70 Å². The van der Waals surface area contributed by atoms with Crippen LogP contribution in [0.5, 0.6) is 0 Å². The minimum atomic E-state index is 0.759. The van der Waals surface area contributed by atoms with Crippen molar-refractivity contribution in [3.8, 4) is 24.7 Å². The maximum absolute atomic E-state index is 11.9. The molecule has 0 aromatic heterocycles. The number of allylic oxidation sites excluding steroid dienone is 2. The molecule has 1 aliphatic rings. The summed E-state index contributed by atoms with van der Waals surface area (Å²) in [6.07, 6.45) is 22.6. The van der Waals surface area contributed by atoms with Crippen LogP contribution in [-0.4, -0.2) is 4.70 Å². The number of benzene rings is 2. The lowest BCUT2D eigenvalue weighted by atomic mass is 9.89. The van der Waals surface area contributed by atoms with Crippen LogP contribution in [0.1, 0.15) is 100 Å². The summed E-state index contributed by atoms with van der Waals surface area (Å²) >= 11 is 0. The molecule has 0 bridgehead atoms. The number of aryl methyl sites for hydroxylation is 2. The van der Waals surface area contributed by atoms with Crippen LogP contribution in [0.25, 0.3) is 16.9 Å². The van der Waals surface area contributed by atoms with Gasteiger partial charge in [0.05, 0.1) is 0 Å². The van der Waals surface area contributed by atoms with E-state index in [0.29, 0.717) is 0 Å². The van der Waals surface area contributed by atoms with Crippen molar-refractivity contribution in [2.24, 2.45) is 0 Å². The molecule has 2 aromatic carbocycles. The number of terminal acetylenes is 2. The first-order valence-electron chi connectivity index (χ1n) is 13.7. The Morgan fingerprint density at radius 2 is 1.06 bits per heavy atom. The summed E-state index contributed by atoms with van der Waals surface area (Å²) in [6.45, 7) is 4.47. The fourth-order valence-corrected chi connectivity index (χ4v) is 5.15. The first kappa shape index (κ1) is 27.2. The van der Waals surface area contributed by atoms with Crippen molar-refractivity contribution in [3.63, 3.8) is 0 Å². The molecular formula is C34H40N2. The normalized spacial score (nSPS) is 13.3. The van der Waals surface area contributed by atoms with Gasteiger partial charge in [-0.1, -0.05) is 63.1 Å². The minimum absolute atomic E-state index is 0.759. The second kappa shape index (κ2) is 14.3. The molecule has 1 aliphatic heterocycles. The summed E-state index contributed by atoms with van der Waals surface area (Å²) < 4.78 is 1.51. The van der Waals surface area contributed by atoms with Gasteiger partial charge in [0.15, 0.2) is 0 Å². The zero-order chi connectivity index (χ0) is 25.8. The molecule has 2 heteroatoms. The fourth-order valence-electron chi connectivity index (χ4n) is 5.15. The van der Waals surface area contributed by atoms with Crippen LogP contribution in [0.3, 0.4) is 0 Å². The number of nitrogens with zero attached hydrogens (tertiary/aromatic N) is 2. The van der Waals surface area contributed by atoms with E-state index in [2.05, 4.69) is 74.2 Å². The maximum atomic E-state index is 11.9. The predicted molar refractivity (Wildman–Crippen MR) is 153 cm³/mol. The van der Waals surface area contributed by atoms with E-state index in [1.54, 1.807) is 0 Å². The summed E-state index contributed by atoms with van der Waals surface area (Å²) in [7, 11) is 0. The van der Waals surface area contributed by atoms with E-state index in [0.717, 1.165) is 99.6 Å². The van der Waals surface area contributed by atoms with Crippen LogP contribution in [0, 0.1) is 24.7 Å². The van der Waals surface area contributed by atoms with E-state index in [9.17, 15) is 5.53 Å². The van der Waals surface area contributed by atoms with E-state index < -0.39 is 0 Å². The molecule has 0 N–H and O–H groups in total. The van der Waals surface area contributed by atoms with Gasteiger partial charge in [0, 0.05) is 35.1 Å². The van der Waals surface area contributed by atoms with Gasteiger partial charge >= 0.3 is 0 Å². The van der Waals surface area contributed by atoms with Gasteiger partial charge < -0.3 is 5.53 Å². The number of hydrogen-bond acceptors (Lipinski definition) is 0. The molecule has 3 rings (SSSR count). The molecule has 0 fully saturated rings. The van der Waals surface area contributed by atoms with Gasteiger partial charge in [0.2, 0.25) is 11.4 Å². The van der Waals surface area contributed by atoms with Gasteiger partial charge in [0.1, 0.15) is 0 Å². The fraction of sp³-hybridized carbons (Fsp3) is 0.412. The molecule has 1 heterocycles. The maximum Gasteiger partial charge on any atom is 0.211 e. The summed E-state index contributed by atoms with van der Waals surface area (Å²) in [5, 5.41) is 0. The van der Waals surface area contributed by atoms with Crippen molar-refractivity contribution in [1.82, 2.24) is 0 Å². The molecular weight excluding hydrogens is 436 g/mol. The smallest absolute Gasteiger partial charge is 0.211 e. The van der Waals surface area contributed by atoms with E-state index in [1.165, 1.54) is 27.0 Å². The highest BCUT2D eigenvalue weighted by Gasteiger charge is 2.36. The molecule has 0 saturated carbocycles. The van der Waals surface area contributed by atoms with Crippen LogP contribution in [-0.2, 0) is 12.8 Å². The monoisotopic (exact) mass is 476 g/mol. The van der Waals surface area contributed by atoms with Gasteiger partial charge in [0.25, 0.3) is 0 Å². The molecule has 2 nitrogen and oxygen atoms in total. The quantitative estimate of drug-likeness (QED) is 0.148. The lowest BCUT2D eigenvalue weighted by Crippen LogP contribution is -2.07. The standard InChI is InChI=1S/C34H40N2/c1-5-9-13-19-27-21-15-17-25-29(27)33-31(23-11-7-3)32(24-12-8-4)34(36(33)35)30-26-18-16-22-28(30)20-14-10-6-2/h1-2,15-18,21-22,25-26H,7-14,19-20,23-24H2,3-4H3. The molecule has 0 atom stereocenters. The summed E-state index contributed by atoms with van der Waals surface area (Å²) in [6, 6.07) is 17.0. The van der Waals surface area contributed by atoms with Crippen molar-refractivity contribution >= 4 is 11.4 Å². The molecule has 0 amide bonds. The van der Waals surface area contributed by atoms with E-state index >= 15 is 0 Å². The van der Waals surface area contributed by atoms with Crippen molar-refractivity contribution in [2.75, 3.05) is 0 Å². The molecule has 2 aromatic rings. The first-order valence-corrected chi connectivity index (χ1v) is 13.7. The van der Waals surface area contributed by atoms with Gasteiger partial charge in [-0.3, -0.25) is 0 Å². The van der Waals surface area contributed by atoms with E-state index in [4.69, 9.17) is 12.8 Å². The van der Waals surface area contributed by atoms with Gasteiger partial charge in [-0.15, -0.1) is 24.7 Å².